The van der Waals surface area contributed by atoms with E-state index < -0.39 is 23.3 Å². The van der Waals surface area contributed by atoms with Gasteiger partial charge in [-0.25, -0.2) is 4.90 Å². The summed E-state index contributed by atoms with van der Waals surface area (Å²) in [5, 5.41) is 4.02. The SMILES string of the molecule is O=C1[C@H]2[C@@H](C(=O)N1c1cc(Cl)ccc1Cl)[C@@]1(C(=O)Nc3ccc(Cl)cc31)N1CCC[C@@H]21. The van der Waals surface area contributed by atoms with Crippen LogP contribution in [-0.2, 0) is 19.9 Å². The predicted octanol–water partition coefficient (Wildman–Crippen LogP) is 4.08. The van der Waals surface area contributed by atoms with Crippen LogP contribution in [0.5, 0.6) is 0 Å². The number of halogens is 3. The summed E-state index contributed by atoms with van der Waals surface area (Å²) in [7, 11) is 0. The van der Waals surface area contributed by atoms with E-state index in [2.05, 4.69) is 5.32 Å². The van der Waals surface area contributed by atoms with E-state index in [1.54, 1.807) is 30.3 Å². The molecule has 4 aliphatic rings. The van der Waals surface area contributed by atoms with Gasteiger partial charge in [-0.2, -0.15) is 0 Å². The van der Waals surface area contributed by atoms with Gasteiger partial charge < -0.3 is 5.32 Å². The van der Waals surface area contributed by atoms with Crippen LogP contribution in [0.15, 0.2) is 36.4 Å². The highest BCUT2D eigenvalue weighted by atomic mass is 35.5. The molecule has 4 aliphatic heterocycles. The van der Waals surface area contributed by atoms with Crippen molar-refractivity contribution in [2.24, 2.45) is 11.8 Å². The maximum absolute atomic E-state index is 13.9. The number of imide groups is 1. The lowest BCUT2D eigenvalue weighted by Crippen LogP contribution is -2.54. The van der Waals surface area contributed by atoms with E-state index >= 15 is 0 Å². The van der Waals surface area contributed by atoms with Gasteiger partial charge in [-0.15, -0.1) is 0 Å². The molecule has 9 heteroatoms. The Kier molecular flexibility index (Phi) is 4.07. The van der Waals surface area contributed by atoms with Gasteiger partial charge in [0.1, 0.15) is 5.54 Å². The Labute approximate surface area is 193 Å². The molecular formula is C22H16Cl3N3O3. The second-order valence-electron chi connectivity index (χ2n) is 8.42. The lowest BCUT2D eigenvalue weighted by molar-refractivity contribution is -0.135. The first-order valence-corrected chi connectivity index (χ1v) is 11.2. The Bertz CT molecular complexity index is 1200. The van der Waals surface area contributed by atoms with E-state index in [4.69, 9.17) is 34.8 Å². The summed E-state index contributed by atoms with van der Waals surface area (Å²) >= 11 is 18.8. The minimum Gasteiger partial charge on any atom is -0.324 e. The first-order chi connectivity index (χ1) is 14.9. The molecule has 2 aromatic carbocycles. The Morgan fingerprint density at radius 3 is 2.52 bits per heavy atom. The molecule has 2 aromatic rings. The Hall–Kier alpha value is -2.12. The third-order valence-electron chi connectivity index (χ3n) is 7.10. The number of anilines is 2. The number of nitrogens with zero attached hydrogens (tertiary/aromatic N) is 2. The smallest absolute Gasteiger partial charge is 0.250 e. The van der Waals surface area contributed by atoms with Gasteiger partial charge in [0.05, 0.1) is 22.5 Å². The van der Waals surface area contributed by atoms with E-state index in [0.717, 1.165) is 17.7 Å². The largest absolute Gasteiger partial charge is 0.324 e. The van der Waals surface area contributed by atoms with Crippen molar-refractivity contribution in [1.29, 1.82) is 0 Å². The summed E-state index contributed by atoms with van der Waals surface area (Å²) < 4.78 is 0. The third kappa shape index (κ3) is 2.31. The van der Waals surface area contributed by atoms with Crippen LogP contribution in [0.25, 0.3) is 0 Å². The van der Waals surface area contributed by atoms with Gasteiger partial charge >= 0.3 is 0 Å². The van der Waals surface area contributed by atoms with Gasteiger partial charge in [0.2, 0.25) is 17.7 Å². The van der Waals surface area contributed by atoms with Crippen molar-refractivity contribution in [3.05, 3.63) is 57.0 Å². The topological polar surface area (TPSA) is 69.7 Å². The van der Waals surface area contributed by atoms with Crippen LogP contribution in [0.4, 0.5) is 11.4 Å². The fourth-order valence-corrected chi connectivity index (χ4v) is 6.61. The van der Waals surface area contributed by atoms with Gasteiger partial charge in [-0.3, -0.25) is 19.3 Å². The monoisotopic (exact) mass is 475 g/mol. The molecule has 4 atom stereocenters. The molecule has 6 rings (SSSR count). The van der Waals surface area contributed by atoms with Crippen LogP contribution in [0.1, 0.15) is 18.4 Å². The second kappa shape index (κ2) is 6.45. The molecule has 0 aromatic heterocycles. The van der Waals surface area contributed by atoms with E-state index in [1.807, 2.05) is 4.90 Å². The number of nitrogens with one attached hydrogen (secondary N) is 1. The Morgan fingerprint density at radius 2 is 1.71 bits per heavy atom. The highest BCUT2D eigenvalue weighted by molar-refractivity contribution is 6.38. The van der Waals surface area contributed by atoms with E-state index in [9.17, 15) is 14.4 Å². The maximum Gasteiger partial charge on any atom is 0.250 e. The summed E-state index contributed by atoms with van der Waals surface area (Å²) in [6, 6.07) is 9.65. The van der Waals surface area contributed by atoms with Crippen LogP contribution >= 0.6 is 34.8 Å². The highest BCUT2D eigenvalue weighted by Crippen LogP contribution is 2.61. The van der Waals surface area contributed by atoms with E-state index in [1.165, 1.54) is 6.07 Å². The number of hydrogen-bond donors (Lipinski definition) is 1. The average molecular weight is 477 g/mol. The van der Waals surface area contributed by atoms with Crippen molar-refractivity contribution >= 4 is 63.9 Å². The molecular weight excluding hydrogens is 461 g/mol. The molecule has 6 nitrogen and oxygen atoms in total. The molecule has 0 unspecified atom stereocenters. The molecule has 0 saturated carbocycles. The molecule has 158 valence electrons. The van der Waals surface area contributed by atoms with Crippen LogP contribution in [0.2, 0.25) is 15.1 Å². The van der Waals surface area contributed by atoms with Gasteiger partial charge in [0.25, 0.3) is 0 Å². The number of hydrogen-bond acceptors (Lipinski definition) is 4. The molecule has 1 N–H and O–H groups in total. The normalized spacial score (nSPS) is 31.4. The summed E-state index contributed by atoms with van der Waals surface area (Å²) in [6.07, 6.45) is 1.58. The molecule has 31 heavy (non-hydrogen) atoms. The zero-order valence-electron chi connectivity index (χ0n) is 16.1. The summed E-state index contributed by atoms with van der Waals surface area (Å²) in [5.74, 6) is -2.56. The van der Waals surface area contributed by atoms with E-state index in [-0.39, 0.29) is 28.6 Å². The van der Waals surface area contributed by atoms with Gasteiger partial charge in [0.15, 0.2) is 0 Å². The molecule has 3 amide bonds. The second-order valence-corrected chi connectivity index (χ2v) is 9.70. The number of carbonyl (C=O) groups excluding carboxylic acids is 3. The highest BCUT2D eigenvalue weighted by Gasteiger charge is 2.74. The zero-order chi connectivity index (χ0) is 21.7. The lowest BCUT2D eigenvalue weighted by atomic mass is 9.75. The van der Waals surface area contributed by atoms with Crippen LogP contribution in [-0.4, -0.2) is 35.2 Å². The number of fused-ring (bicyclic) bond motifs is 7. The van der Waals surface area contributed by atoms with Gasteiger partial charge in [-0.1, -0.05) is 34.8 Å². The summed E-state index contributed by atoms with van der Waals surface area (Å²) in [6.45, 7) is 0.634. The third-order valence-corrected chi connectivity index (χ3v) is 7.89. The average Bonchev–Trinajstić information content (AvgIpc) is 3.43. The van der Waals surface area contributed by atoms with Crippen LogP contribution in [0, 0.1) is 11.8 Å². The number of benzene rings is 2. The maximum atomic E-state index is 13.9. The van der Waals surface area contributed by atoms with Gasteiger partial charge in [0, 0.05) is 27.3 Å². The molecule has 3 fully saturated rings. The molecule has 3 saturated heterocycles. The Morgan fingerprint density at radius 1 is 0.968 bits per heavy atom. The zero-order valence-corrected chi connectivity index (χ0v) is 18.3. The molecule has 0 aliphatic carbocycles. The first kappa shape index (κ1) is 19.6. The van der Waals surface area contributed by atoms with Crippen molar-refractivity contribution in [2.75, 3.05) is 16.8 Å². The number of amides is 3. The quantitative estimate of drug-likeness (QED) is 0.630. The van der Waals surface area contributed by atoms with E-state index in [0.29, 0.717) is 27.8 Å². The summed E-state index contributed by atoms with van der Waals surface area (Å²) in [4.78, 5) is 44.2. The van der Waals surface area contributed by atoms with Crippen molar-refractivity contribution in [3.8, 4) is 0 Å². The van der Waals surface area contributed by atoms with Crippen molar-refractivity contribution in [3.63, 3.8) is 0 Å². The summed E-state index contributed by atoms with van der Waals surface area (Å²) in [5.41, 5.74) is 0.270. The minimum atomic E-state index is -1.27. The van der Waals surface area contributed by atoms with Crippen molar-refractivity contribution in [1.82, 2.24) is 4.90 Å². The standard InChI is InChI=1S/C22H16Cl3N3O3/c23-10-4-6-14-12(8-10)22(21(31)26-14)18-17(15-2-1-7-27(15)22)19(29)28(20(18)30)16-9-11(24)3-5-13(16)25/h3-6,8-9,15,17-18H,1-2,7H2,(H,26,31)/t15-,17+,18-,22-/m0/s1. The fourth-order valence-electron chi connectivity index (χ4n) is 6.07. The number of rotatable bonds is 1. The molecule has 1 spiro atoms. The predicted molar refractivity (Wildman–Crippen MR) is 117 cm³/mol. The number of carbonyl (C=O) groups is 3. The van der Waals surface area contributed by atoms with Gasteiger partial charge in [-0.05, 0) is 55.8 Å². The van der Waals surface area contributed by atoms with Crippen LogP contribution < -0.4 is 10.2 Å². The fraction of sp³-hybridized carbons (Fsp3) is 0.318. The Balaban J connectivity index is 1.58. The van der Waals surface area contributed by atoms with Crippen molar-refractivity contribution in [2.45, 2.75) is 24.4 Å². The molecule has 4 heterocycles. The molecule has 0 bridgehead atoms. The van der Waals surface area contributed by atoms with Crippen LogP contribution in [0.3, 0.4) is 0 Å². The minimum absolute atomic E-state index is 0.208. The first-order valence-electron chi connectivity index (χ1n) is 10.1. The van der Waals surface area contributed by atoms with Crippen molar-refractivity contribution < 1.29 is 14.4 Å². The lowest BCUT2D eigenvalue weighted by Gasteiger charge is -2.36. The molecule has 0 radical (unpaired) electrons.